The third kappa shape index (κ3) is 3.59. The van der Waals surface area contributed by atoms with Crippen molar-refractivity contribution in [2.75, 3.05) is 16.8 Å². The first-order valence-corrected chi connectivity index (χ1v) is 10.0. The summed E-state index contributed by atoms with van der Waals surface area (Å²) in [6, 6.07) is 9.52. The van der Waals surface area contributed by atoms with Gasteiger partial charge >= 0.3 is 0 Å². The zero-order valence-corrected chi connectivity index (χ0v) is 17.0. The highest BCUT2D eigenvalue weighted by Crippen LogP contribution is 2.37. The molecule has 0 radical (unpaired) electrons. The predicted octanol–water partition coefficient (Wildman–Crippen LogP) is 4.30. The average Bonchev–Trinajstić information content (AvgIpc) is 3.51. The molecule has 30 heavy (non-hydrogen) atoms. The minimum absolute atomic E-state index is 0.00313. The van der Waals surface area contributed by atoms with Crippen molar-refractivity contribution in [3.8, 4) is 11.4 Å². The Morgan fingerprint density at radius 1 is 1.23 bits per heavy atom. The summed E-state index contributed by atoms with van der Waals surface area (Å²) in [7, 11) is 0. The second kappa shape index (κ2) is 7.75. The highest BCUT2D eigenvalue weighted by Gasteiger charge is 2.32. The minimum atomic E-state index is -0.00313. The van der Waals surface area contributed by atoms with Gasteiger partial charge in [0, 0.05) is 30.6 Å². The Labute approximate surface area is 177 Å². The summed E-state index contributed by atoms with van der Waals surface area (Å²) < 4.78 is 5.66. The molecule has 0 spiro atoms. The first kappa shape index (κ1) is 18.6. The van der Waals surface area contributed by atoms with Crippen molar-refractivity contribution in [3.05, 3.63) is 59.2 Å². The zero-order valence-electron chi connectivity index (χ0n) is 16.2. The molecule has 5 rings (SSSR count). The van der Waals surface area contributed by atoms with Crippen molar-refractivity contribution < 1.29 is 4.52 Å². The lowest BCUT2D eigenvalue weighted by Crippen LogP contribution is -2.24. The van der Waals surface area contributed by atoms with Crippen LogP contribution >= 0.6 is 11.6 Å². The first-order chi connectivity index (χ1) is 14.7. The Balaban J connectivity index is 1.41. The van der Waals surface area contributed by atoms with E-state index in [2.05, 4.69) is 40.5 Å². The Morgan fingerprint density at radius 2 is 2.17 bits per heavy atom. The summed E-state index contributed by atoms with van der Waals surface area (Å²) in [4.78, 5) is 15.5. The molecule has 0 unspecified atom stereocenters. The number of rotatable bonds is 5. The molecule has 0 amide bonds. The SMILES string of the molecule is Cc1cc(Nc2nc(N3CCC[C@H]3c3cc(-c4ccccn4)no3)ncc2Cl)n[nH]1. The van der Waals surface area contributed by atoms with E-state index in [0.717, 1.165) is 36.5 Å². The van der Waals surface area contributed by atoms with Gasteiger partial charge in [-0.1, -0.05) is 22.8 Å². The van der Waals surface area contributed by atoms with Gasteiger partial charge in [-0.05, 0) is 31.9 Å². The number of hydrogen-bond acceptors (Lipinski definition) is 8. The highest BCUT2D eigenvalue weighted by atomic mass is 35.5. The third-order valence-corrected chi connectivity index (χ3v) is 5.25. The van der Waals surface area contributed by atoms with Crippen molar-refractivity contribution in [3.63, 3.8) is 0 Å². The van der Waals surface area contributed by atoms with Crippen LogP contribution in [0.15, 0.2) is 47.2 Å². The first-order valence-electron chi connectivity index (χ1n) is 9.63. The second-order valence-corrected chi connectivity index (χ2v) is 7.52. The van der Waals surface area contributed by atoms with E-state index in [1.54, 1.807) is 12.4 Å². The van der Waals surface area contributed by atoms with Crippen LogP contribution in [0.2, 0.25) is 5.02 Å². The molecule has 1 atom stereocenters. The van der Waals surface area contributed by atoms with Gasteiger partial charge in [-0.2, -0.15) is 10.1 Å². The number of halogens is 1. The number of aromatic nitrogens is 6. The quantitative estimate of drug-likeness (QED) is 0.490. The Bertz CT molecular complexity index is 1160. The van der Waals surface area contributed by atoms with Gasteiger partial charge in [0.05, 0.1) is 17.9 Å². The second-order valence-electron chi connectivity index (χ2n) is 7.11. The molecule has 5 heterocycles. The summed E-state index contributed by atoms with van der Waals surface area (Å²) in [5.74, 6) is 2.49. The van der Waals surface area contributed by atoms with Crippen LogP contribution in [0.1, 0.15) is 30.3 Å². The van der Waals surface area contributed by atoms with Crippen LogP contribution in [0, 0.1) is 6.92 Å². The Morgan fingerprint density at radius 3 is 2.97 bits per heavy atom. The van der Waals surface area contributed by atoms with E-state index in [9.17, 15) is 0 Å². The molecular formula is C20H19ClN8O. The maximum absolute atomic E-state index is 6.30. The molecule has 152 valence electrons. The Kier molecular flexibility index (Phi) is 4.80. The van der Waals surface area contributed by atoms with Crippen LogP contribution in [-0.2, 0) is 0 Å². The van der Waals surface area contributed by atoms with Crippen LogP contribution < -0.4 is 10.2 Å². The normalized spacial score (nSPS) is 16.2. The lowest BCUT2D eigenvalue weighted by molar-refractivity contribution is 0.362. The number of aryl methyl sites for hydroxylation is 1. The molecule has 1 aliphatic rings. The zero-order chi connectivity index (χ0) is 20.5. The fourth-order valence-electron chi connectivity index (χ4n) is 3.57. The summed E-state index contributed by atoms with van der Waals surface area (Å²) >= 11 is 6.30. The maximum Gasteiger partial charge on any atom is 0.228 e. The van der Waals surface area contributed by atoms with Crippen LogP contribution in [0.4, 0.5) is 17.6 Å². The molecule has 1 aliphatic heterocycles. The minimum Gasteiger partial charge on any atom is -0.358 e. The molecule has 9 nitrogen and oxygen atoms in total. The van der Waals surface area contributed by atoms with E-state index >= 15 is 0 Å². The van der Waals surface area contributed by atoms with Crippen LogP contribution in [0.5, 0.6) is 0 Å². The van der Waals surface area contributed by atoms with E-state index in [-0.39, 0.29) is 6.04 Å². The van der Waals surface area contributed by atoms with E-state index in [1.165, 1.54) is 0 Å². The van der Waals surface area contributed by atoms with Crippen molar-refractivity contribution in [2.45, 2.75) is 25.8 Å². The number of pyridine rings is 1. The molecule has 0 aliphatic carbocycles. The molecule has 0 saturated carbocycles. The van der Waals surface area contributed by atoms with E-state index in [1.807, 2.05) is 37.3 Å². The van der Waals surface area contributed by atoms with E-state index in [4.69, 9.17) is 16.1 Å². The van der Waals surface area contributed by atoms with Gasteiger partial charge in [-0.15, -0.1) is 0 Å². The number of H-pyrrole nitrogens is 1. The van der Waals surface area contributed by atoms with Gasteiger partial charge < -0.3 is 14.7 Å². The van der Waals surface area contributed by atoms with Gasteiger partial charge in [0.25, 0.3) is 0 Å². The number of nitrogens with zero attached hydrogens (tertiary/aromatic N) is 6. The van der Waals surface area contributed by atoms with E-state index in [0.29, 0.717) is 28.3 Å². The summed E-state index contributed by atoms with van der Waals surface area (Å²) in [6.45, 7) is 2.74. The largest absolute Gasteiger partial charge is 0.358 e. The smallest absolute Gasteiger partial charge is 0.228 e. The molecule has 2 N–H and O–H groups in total. The lowest BCUT2D eigenvalue weighted by atomic mass is 10.1. The topological polar surface area (TPSA) is 109 Å². The maximum atomic E-state index is 6.30. The molecular weight excluding hydrogens is 404 g/mol. The molecule has 1 fully saturated rings. The predicted molar refractivity (Wildman–Crippen MR) is 113 cm³/mol. The number of hydrogen-bond donors (Lipinski definition) is 2. The average molecular weight is 423 g/mol. The lowest BCUT2D eigenvalue weighted by Gasteiger charge is -2.23. The molecule has 10 heteroatoms. The summed E-state index contributed by atoms with van der Waals surface area (Å²) in [6.07, 6.45) is 5.26. The third-order valence-electron chi connectivity index (χ3n) is 4.98. The van der Waals surface area contributed by atoms with Crippen molar-refractivity contribution >= 4 is 29.2 Å². The molecule has 4 aromatic rings. The monoisotopic (exact) mass is 422 g/mol. The Hall–Kier alpha value is -3.46. The van der Waals surface area contributed by atoms with Crippen LogP contribution in [0.25, 0.3) is 11.4 Å². The van der Waals surface area contributed by atoms with Gasteiger partial charge in [-0.3, -0.25) is 10.1 Å². The van der Waals surface area contributed by atoms with Crippen molar-refractivity contribution in [1.82, 2.24) is 30.3 Å². The molecule has 0 bridgehead atoms. The van der Waals surface area contributed by atoms with Crippen LogP contribution in [0.3, 0.4) is 0 Å². The van der Waals surface area contributed by atoms with E-state index < -0.39 is 0 Å². The van der Waals surface area contributed by atoms with Crippen LogP contribution in [-0.4, -0.2) is 36.9 Å². The molecule has 1 saturated heterocycles. The molecule has 0 aromatic carbocycles. The van der Waals surface area contributed by atoms with Crippen molar-refractivity contribution in [2.24, 2.45) is 0 Å². The van der Waals surface area contributed by atoms with Gasteiger partial charge in [0.15, 0.2) is 17.4 Å². The number of nitrogens with one attached hydrogen (secondary N) is 2. The van der Waals surface area contributed by atoms with Gasteiger partial charge in [0.2, 0.25) is 5.95 Å². The molecule has 4 aromatic heterocycles. The fraction of sp³-hybridized carbons (Fsp3) is 0.250. The fourth-order valence-corrected chi connectivity index (χ4v) is 3.71. The number of aromatic amines is 1. The van der Waals surface area contributed by atoms with Gasteiger partial charge in [0.1, 0.15) is 10.7 Å². The number of anilines is 3. The van der Waals surface area contributed by atoms with Gasteiger partial charge in [-0.25, -0.2) is 4.98 Å². The standard InChI is InChI=1S/C20H19ClN8O/c1-12-9-18(27-26-12)24-19-13(21)11-23-20(25-19)29-8-4-6-16(29)17-10-15(28-30-17)14-5-2-3-7-22-14/h2-3,5,7,9-11,16H,4,6,8H2,1H3,(H2,23,24,25,26,27)/t16-/m0/s1. The summed E-state index contributed by atoms with van der Waals surface area (Å²) in [5, 5.41) is 14.8. The van der Waals surface area contributed by atoms with Crippen molar-refractivity contribution in [1.29, 1.82) is 0 Å². The summed E-state index contributed by atoms with van der Waals surface area (Å²) in [5.41, 5.74) is 2.43. The highest BCUT2D eigenvalue weighted by molar-refractivity contribution is 6.32.